The molecule has 1 N–H and O–H groups in total. The summed E-state index contributed by atoms with van der Waals surface area (Å²) in [6.07, 6.45) is -5.29. The summed E-state index contributed by atoms with van der Waals surface area (Å²) in [6, 6.07) is 2.99. The Hall–Kier alpha value is -0.270. The highest BCUT2D eigenvalue weighted by Crippen LogP contribution is 2.34. The van der Waals surface area contributed by atoms with Gasteiger partial charge >= 0.3 is 6.18 Å². The zero-order valence-electron chi connectivity index (χ0n) is 11.5. The van der Waals surface area contributed by atoms with Crippen LogP contribution in [0, 0.1) is 5.82 Å². The summed E-state index contributed by atoms with van der Waals surface area (Å²) in [5, 5.41) is 3.00. The highest BCUT2D eigenvalue weighted by molar-refractivity contribution is 6.30. The van der Waals surface area contributed by atoms with Gasteiger partial charge in [-0.25, -0.2) is 4.39 Å². The third kappa shape index (κ3) is 6.08. The molecule has 128 valence electrons. The largest absolute Gasteiger partial charge is 0.390 e. The van der Waals surface area contributed by atoms with Gasteiger partial charge in [0, 0.05) is 32.2 Å². The van der Waals surface area contributed by atoms with Crippen molar-refractivity contribution < 1.29 is 17.6 Å². The molecule has 2 nitrogen and oxygen atoms in total. The maximum absolute atomic E-state index is 13.5. The van der Waals surface area contributed by atoms with Gasteiger partial charge in [-0.15, -0.1) is 24.8 Å². The van der Waals surface area contributed by atoms with E-state index >= 15 is 0 Å². The highest BCUT2D eigenvalue weighted by atomic mass is 35.5. The van der Waals surface area contributed by atoms with E-state index in [0.717, 1.165) is 6.07 Å². The third-order valence-corrected chi connectivity index (χ3v) is 3.65. The van der Waals surface area contributed by atoms with E-state index in [0.29, 0.717) is 31.7 Å². The quantitative estimate of drug-likeness (QED) is 0.786. The van der Waals surface area contributed by atoms with Gasteiger partial charge in [-0.1, -0.05) is 17.7 Å². The van der Waals surface area contributed by atoms with Crippen LogP contribution in [0.2, 0.25) is 5.02 Å². The predicted octanol–water partition coefficient (Wildman–Crippen LogP) is 4.22. The summed E-state index contributed by atoms with van der Waals surface area (Å²) in [6.45, 7) is 2.27. The normalized spacial score (nSPS) is 17.3. The lowest BCUT2D eigenvalue weighted by Crippen LogP contribution is -2.46. The smallest absolute Gasteiger partial charge is 0.314 e. The maximum Gasteiger partial charge on any atom is 0.390 e. The lowest BCUT2D eigenvalue weighted by atomic mass is 10.0. The number of piperazine rings is 1. The summed E-state index contributed by atoms with van der Waals surface area (Å²) in [5.41, 5.74) is 0.311. The van der Waals surface area contributed by atoms with Gasteiger partial charge in [-0.05, 0) is 17.7 Å². The SMILES string of the molecule is Cl.Cl.Fc1cc([C@@H](CC(F)(F)F)N2CCNCC2)ccc1Cl. The monoisotopic (exact) mass is 382 g/mol. The van der Waals surface area contributed by atoms with E-state index in [4.69, 9.17) is 11.6 Å². The number of nitrogens with zero attached hydrogens (tertiary/aromatic N) is 1. The Morgan fingerprint density at radius 3 is 2.27 bits per heavy atom. The van der Waals surface area contributed by atoms with Crippen LogP contribution in [0.15, 0.2) is 18.2 Å². The van der Waals surface area contributed by atoms with Gasteiger partial charge in [0.2, 0.25) is 0 Å². The van der Waals surface area contributed by atoms with Gasteiger partial charge in [-0.2, -0.15) is 13.2 Å². The van der Waals surface area contributed by atoms with Crippen LogP contribution < -0.4 is 5.32 Å². The number of nitrogens with one attached hydrogen (secondary N) is 1. The standard InChI is InChI=1S/C13H15ClF4N2.2ClH/c14-10-2-1-9(7-11(10)15)12(8-13(16,17)18)20-5-3-19-4-6-20;;/h1-2,7,12,19H,3-6,8H2;2*1H/t12-;;/m1../s1. The molecule has 0 spiro atoms. The van der Waals surface area contributed by atoms with Crippen LogP contribution in [0.25, 0.3) is 0 Å². The summed E-state index contributed by atoms with van der Waals surface area (Å²) in [7, 11) is 0. The molecule has 0 amide bonds. The molecule has 1 saturated heterocycles. The Morgan fingerprint density at radius 2 is 1.77 bits per heavy atom. The van der Waals surface area contributed by atoms with Crippen LogP contribution in [-0.4, -0.2) is 37.3 Å². The molecule has 1 aromatic carbocycles. The number of halogens is 7. The molecule has 1 aliphatic heterocycles. The van der Waals surface area contributed by atoms with Crippen molar-refractivity contribution in [1.29, 1.82) is 0 Å². The van der Waals surface area contributed by atoms with E-state index in [1.54, 1.807) is 4.90 Å². The number of alkyl halides is 3. The van der Waals surface area contributed by atoms with E-state index in [9.17, 15) is 17.6 Å². The second-order valence-corrected chi connectivity index (χ2v) is 5.20. The van der Waals surface area contributed by atoms with E-state index in [1.807, 2.05) is 0 Å². The Labute approximate surface area is 144 Å². The average molecular weight is 384 g/mol. The van der Waals surface area contributed by atoms with E-state index < -0.39 is 24.5 Å². The van der Waals surface area contributed by atoms with Crippen molar-refractivity contribution in [2.24, 2.45) is 0 Å². The van der Waals surface area contributed by atoms with E-state index in [1.165, 1.54) is 12.1 Å². The summed E-state index contributed by atoms with van der Waals surface area (Å²) in [4.78, 5) is 1.73. The summed E-state index contributed by atoms with van der Waals surface area (Å²) in [5.74, 6) is -0.688. The summed E-state index contributed by atoms with van der Waals surface area (Å²) >= 11 is 5.58. The van der Waals surface area contributed by atoms with Gasteiger partial charge in [-0.3, -0.25) is 4.90 Å². The molecule has 0 bridgehead atoms. The number of hydrogen-bond acceptors (Lipinski definition) is 2. The first-order chi connectivity index (χ1) is 9.37. The average Bonchev–Trinajstić information content (AvgIpc) is 2.39. The zero-order valence-corrected chi connectivity index (χ0v) is 13.9. The molecule has 9 heteroatoms. The minimum atomic E-state index is -4.30. The van der Waals surface area contributed by atoms with Crippen molar-refractivity contribution in [1.82, 2.24) is 10.2 Å². The van der Waals surface area contributed by atoms with Crippen molar-refractivity contribution in [2.45, 2.75) is 18.6 Å². The lowest BCUT2D eigenvalue weighted by molar-refractivity contribution is -0.148. The van der Waals surface area contributed by atoms with E-state index in [-0.39, 0.29) is 29.8 Å². The fourth-order valence-electron chi connectivity index (χ4n) is 2.39. The molecular formula is C13H17Cl3F4N2. The molecule has 0 aliphatic carbocycles. The molecule has 1 atom stereocenters. The Morgan fingerprint density at radius 1 is 1.18 bits per heavy atom. The second kappa shape index (κ2) is 9.13. The molecule has 1 aliphatic rings. The molecular weight excluding hydrogens is 367 g/mol. The predicted molar refractivity (Wildman–Crippen MR) is 83.8 cm³/mol. The van der Waals surface area contributed by atoms with Crippen LogP contribution in [0.1, 0.15) is 18.0 Å². The molecule has 0 unspecified atom stereocenters. The molecule has 0 saturated carbocycles. The molecule has 22 heavy (non-hydrogen) atoms. The Bertz CT molecular complexity index is 465. The second-order valence-electron chi connectivity index (χ2n) is 4.79. The first-order valence-electron chi connectivity index (χ1n) is 6.33. The molecule has 2 rings (SSSR count). The van der Waals surface area contributed by atoms with Gasteiger partial charge < -0.3 is 5.32 Å². The molecule has 0 radical (unpaired) electrons. The van der Waals surface area contributed by atoms with Gasteiger partial charge in [0.15, 0.2) is 0 Å². The molecule has 1 heterocycles. The third-order valence-electron chi connectivity index (χ3n) is 3.35. The van der Waals surface area contributed by atoms with Gasteiger partial charge in [0.05, 0.1) is 11.4 Å². The minimum Gasteiger partial charge on any atom is -0.314 e. The van der Waals surface area contributed by atoms with Crippen molar-refractivity contribution in [3.05, 3.63) is 34.6 Å². The number of benzene rings is 1. The van der Waals surface area contributed by atoms with Gasteiger partial charge in [0.25, 0.3) is 0 Å². The van der Waals surface area contributed by atoms with Crippen LogP contribution >= 0.6 is 36.4 Å². The van der Waals surface area contributed by atoms with Crippen LogP contribution in [0.4, 0.5) is 17.6 Å². The summed E-state index contributed by atoms with van der Waals surface area (Å²) < 4.78 is 51.8. The Balaban J connectivity index is 0.00000220. The van der Waals surface area contributed by atoms with Crippen molar-refractivity contribution >= 4 is 36.4 Å². The van der Waals surface area contributed by atoms with Crippen molar-refractivity contribution in [3.63, 3.8) is 0 Å². The zero-order chi connectivity index (χ0) is 14.8. The van der Waals surface area contributed by atoms with Crippen LogP contribution in [-0.2, 0) is 0 Å². The fourth-order valence-corrected chi connectivity index (χ4v) is 2.51. The fraction of sp³-hybridized carbons (Fsp3) is 0.538. The number of hydrogen-bond donors (Lipinski definition) is 1. The highest BCUT2D eigenvalue weighted by Gasteiger charge is 2.36. The molecule has 1 aromatic rings. The van der Waals surface area contributed by atoms with Crippen LogP contribution in [0.5, 0.6) is 0 Å². The Kier molecular flexibility index (Phi) is 9.02. The minimum absolute atomic E-state index is 0. The van der Waals surface area contributed by atoms with E-state index in [2.05, 4.69) is 5.32 Å². The first-order valence-corrected chi connectivity index (χ1v) is 6.71. The topological polar surface area (TPSA) is 15.3 Å². The van der Waals surface area contributed by atoms with Crippen LogP contribution in [0.3, 0.4) is 0 Å². The van der Waals surface area contributed by atoms with Crippen molar-refractivity contribution in [2.75, 3.05) is 26.2 Å². The molecule has 1 fully saturated rings. The molecule has 0 aromatic heterocycles. The van der Waals surface area contributed by atoms with Gasteiger partial charge in [0.1, 0.15) is 5.82 Å². The number of rotatable bonds is 3. The van der Waals surface area contributed by atoms with Crippen molar-refractivity contribution in [3.8, 4) is 0 Å². The lowest BCUT2D eigenvalue weighted by Gasteiger charge is -2.35. The first kappa shape index (κ1) is 21.7. The maximum atomic E-state index is 13.5.